The molecule has 0 radical (unpaired) electrons. The number of hydrogen-bond acceptors (Lipinski definition) is 4. The minimum absolute atomic E-state index is 0.0641. The van der Waals surface area contributed by atoms with Gasteiger partial charge in [0, 0.05) is 11.8 Å². The van der Waals surface area contributed by atoms with Crippen molar-refractivity contribution in [3.63, 3.8) is 0 Å². The van der Waals surface area contributed by atoms with Gasteiger partial charge in [-0.2, -0.15) is 0 Å². The molecular weight excluding hydrogens is 374 g/mol. The van der Waals surface area contributed by atoms with Gasteiger partial charge in [0.25, 0.3) is 5.91 Å². The first-order valence-corrected chi connectivity index (χ1v) is 11.2. The molecule has 0 aliphatic heterocycles. The van der Waals surface area contributed by atoms with Crippen LogP contribution in [0.2, 0.25) is 0 Å². The van der Waals surface area contributed by atoms with Crippen molar-refractivity contribution >= 4 is 17.4 Å². The number of nitrogens with one attached hydrogen (secondary N) is 1. The number of rotatable bonds is 4. The van der Waals surface area contributed by atoms with Crippen molar-refractivity contribution in [3.8, 4) is 0 Å². The molecule has 2 aliphatic rings. The number of aliphatic hydroxyl groups is 1. The number of nitrogens with two attached hydrogens (primary N) is 1. The SMILES string of the molecule is CCC[C@@]1(O)CCC2(C)c3ccc(C(=O)Nc4cccnc4N)cc3CCC[C@H]2C1. The molecule has 1 aromatic carbocycles. The monoisotopic (exact) mass is 407 g/mol. The van der Waals surface area contributed by atoms with E-state index < -0.39 is 5.60 Å². The van der Waals surface area contributed by atoms with E-state index in [-0.39, 0.29) is 11.3 Å². The van der Waals surface area contributed by atoms with Crippen LogP contribution >= 0.6 is 0 Å². The summed E-state index contributed by atoms with van der Waals surface area (Å²) in [5, 5.41) is 14.0. The predicted octanol–water partition coefficient (Wildman–Crippen LogP) is 4.84. The molecule has 1 saturated carbocycles. The molecule has 30 heavy (non-hydrogen) atoms. The van der Waals surface area contributed by atoms with Crippen LogP contribution in [0.1, 0.15) is 80.3 Å². The van der Waals surface area contributed by atoms with Crippen LogP contribution in [0.4, 0.5) is 11.5 Å². The molecule has 1 amide bonds. The topological polar surface area (TPSA) is 88.2 Å². The number of carbonyl (C=O) groups is 1. The fourth-order valence-corrected chi connectivity index (χ4v) is 5.71. The van der Waals surface area contributed by atoms with Gasteiger partial charge in [-0.3, -0.25) is 4.79 Å². The fourth-order valence-electron chi connectivity index (χ4n) is 5.71. The van der Waals surface area contributed by atoms with Gasteiger partial charge >= 0.3 is 0 Å². The first-order chi connectivity index (χ1) is 14.3. The summed E-state index contributed by atoms with van der Waals surface area (Å²) in [6.45, 7) is 4.52. The van der Waals surface area contributed by atoms with Gasteiger partial charge in [0.2, 0.25) is 0 Å². The quantitative estimate of drug-likeness (QED) is 0.676. The highest BCUT2D eigenvalue weighted by Gasteiger charge is 2.47. The van der Waals surface area contributed by atoms with Crippen LogP contribution in [0.3, 0.4) is 0 Å². The lowest BCUT2D eigenvalue weighted by Gasteiger charge is -2.48. The third kappa shape index (κ3) is 3.83. The number of nitrogens with zero attached hydrogens (tertiary/aromatic N) is 1. The van der Waals surface area contributed by atoms with E-state index in [1.54, 1.807) is 18.3 Å². The number of carbonyl (C=O) groups excluding carboxylic acids is 1. The largest absolute Gasteiger partial charge is 0.390 e. The lowest BCUT2D eigenvalue weighted by molar-refractivity contribution is -0.0497. The second-order valence-corrected chi connectivity index (χ2v) is 9.45. The average molecular weight is 408 g/mol. The zero-order valence-corrected chi connectivity index (χ0v) is 18.1. The number of aryl methyl sites for hydroxylation is 1. The van der Waals surface area contributed by atoms with E-state index in [9.17, 15) is 9.90 Å². The summed E-state index contributed by atoms with van der Waals surface area (Å²) >= 11 is 0. The van der Waals surface area contributed by atoms with Crippen molar-refractivity contribution < 1.29 is 9.90 Å². The molecule has 1 fully saturated rings. The summed E-state index contributed by atoms with van der Waals surface area (Å²) in [7, 11) is 0. The van der Waals surface area contributed by atoms with Crippen LogP contribution in [0.25, 0.3) is 0 Å². The number of amides is 1. The lowest BCUT2D eigenvalue weighted by atomic mass is 9.58. The maximum absolute atomic E-state index is 12.8. The van der Waals surface area contributed by atoms with Gasteiger partial charge in [-0.25, -0.2) is 4.98 Å². The Labute approximate surface area is 179 Å². The Hall–Kier alpha value is -2.40. The van der Waals surface area contributed by atoms with Gasteiger partial charge in [0.05, 0.1) is 11.3 Å². The number of fused-ring (bicyclic) bond motifs is 3. The number of hydrogen-bond donors (Lipinski definition) is 3. The maximum atomic E-state index is 12.8. The molecule has 160 valence electrons. The van der Waals surface area contributed by atoms with E-state index >= 15 is 0 Å². The van der Waals surface area contributed by atoms with Crippen LogP contribution < -0.4 is 11.1 Å². The smallest absolute Gasteiger partial charge is 0.255 e. The zero-order chi connectivity index (χ0) is 21.4. The van der Waals surface area contributed by atoms with Crippen molar-refractivity contribution in [2.75, 3.05) is 11.1 Å². The number of nitrogen functional groups attached to an aromatic ring is 1. The van der Waals surface area contributed by atoms with E-state index in [2.05, 4.69) is 36.3 Å². The van der Waals surface area contributed by atoms with Gasteiger partial charge in [-0.05, 0) is 91.7 Å². The number of aromatic nitrogens is 1. The van der Waals surface area contributed by atoms with Crippen LogP contribution in [-0.2, 0) is 11.8 Å². The predicted molar refractivity (Wildman–Crippen MR) is 121 cm³/mol. The van der Waals surface area contributed by atoms with Crippen molar-refractivity contribution in [1.29, 1.82) is 0 Å². The zero-order valence-electron chi connectivity index (χ0n) is 18.1. The number of pyridine rings is 1. The molecule has 5 heteroatoms. The minimum Gasteiger partial charge on any atom is -0.390 e. The molecular formula is C25H33N3O2. The fraction of sp³-hybridized carbons (Fsp3) is 0.520. The van der Waals surface area contributed by atoms with Crippen molar-refractivity contribution in [3.05, 3.63) is 53.2 Å². The third-order valence-electron chi connectivity index (χ3n) is 7.42. The molecule has 0 saturated heterocycles. The first kappa shape index (κ1) is 20.9. The Morgan fingerprint density at radius 3 is 2.93 bits per heavy atom. The van der Waals surface area contributed by atoms with Crippen molar-refractivity contribution in [2.24, 2.45) is 5.92 Å². The lowest BCUT2D eigenvalue weighted by Crippen LogP contribution is -2.46. The Morgan fingerprint density at radius 2 is 2.17 bits per heavy atom. The molecule has 0 spiro atoms. The normalized spacial score (nSPS) is 28.2. The summed E-state index contributed by atoms with van der Waals surface area (Å²) in [6.07, 6.45) is 9.47. The average Bonchev–Trinajstić information content (AvgIpc) is 2.86. The van der Waals surface area contributed by atoms with E-state index in [1.165, 1.54) is 11.1 Å². The molecule has 4 rings (SSSR count). The Bertz CT molecular complexity index is 944. The molecule has 0 bridgehead atoms. The van der Waals surface area contributed by atoms with E-state index in [0.717, 1.165) is 51.4 Å². The highest BCUT2D eigenvalue weighted by Crippen LogP contribution is 2.52. The second-order valence-electron chi connectivity index (χ2n) is 9.45. The number of anilines is 2. The highest BCUT2D eigenvalue weighted by atomic mass is 16.3. The van der Waals surface area contributed by atoms with Gasteiger partial charge in [0.15, 0.2) is 0 Å². The molecule has 1 unspecified atom stereocenters. The Morgan fingerprint density at radius 1 is 1.33 bits per heavy atom. The molecule has 1 heterocycles. The molecule has 1 aromatic heterocycles. The third-order valence-corrected chi connectivity index (χ3v) is 7.42. The summed E-state index contributed by atoms with van der Waals surface area (Å²) in [4.78, 5) is 16.9. The summed E-state index contributed by atoms with van der Waals surface area (Å²) in [6, 6.07) is 9.65. The molecule has 3 atom stereocenters. The van der Waals surface area contributed by atoms with Crippen molar-refractivity contribution in [1.82, 2.24) is 4.98 Å². The van der Waals surface area contributed by atoms with Crippen LogP contribution in [-0.4, -0.2) is 21.6 Å². The first-order valence-electron chi connectivity index (χ1n) is 11.2. The van der Waals surface area contributed by atoms with Gasteiger partial charge < -0.3 is 16.2 Å². The minimum atomic E-state index is -0.507. The standard InChI is InChI=1S/C25H33N3O2/c1-3-11-25(30)13-12-24(2)19(16-25)7-4-6-17-15-18(9-10-20(17)24)23(29)28-21-8-5-14-27-22(21)26/h5,8-10,14-15,19,30H,3-4,6-7,11-13,16H2,1-2H3,(H2,26,27)(H,28,29)/t19-,24?,25+/m0/s1. The van der Waals surface area contributed by atoms with E-state index in [0.29, 0.717) is 23.0 Å². The van der Waals surface area contributed by atoms with Crippen LogP contribution in [0.15, 0.2) is 36.5 Å². The Balaban J connectivity index is 1.60. The van der Waals surface area contributed by atoms with Crippen LogP contribution in [0.5, 0.6) is 0 Å². The maximum Gasteiger partial charge on any atom is 0.255 e. The summed E-state index contributed by atoms with van der Waals surface area (Å²) in [5.41, 5.74) is 9.24. The summed E-state index contributed by atoms with van der Waals surface area (Å²) in [5.74, 6) is 0.640. The van der Waals surface area contributed by atoms with Gasteiger partial charge in [-0.1, -0.05) is 26.3 Å². The molecule has 4 N–H and O–H groups in total. The van der Waals surface area contributed by atoms with Crippen molar-refractivity contribution in [2.45, 2.75) is 76.2 Å². The Kier molecular flexibility index (Phi) is 5.58. The second kappa shape index (κ2) is 8.03. The highest BCUT2D eigenvalue weighted by molar-refractivity contribution is 6.05. The van der Waals surface area contributed by atoms with Gasteiger partial charge in [-0.15, -0.1) is 0 Å². The summed E-state index contributed by atoms with van der Waals surface area (Å²) < 4.78 is 0. The molecule has 2 aromatic rings. The molecule has 5 nitrogen and oxygen atoms in total. The number of benzene rings is 1. The van der Waals surface area contributed by atoms with E-state index in [1.807, 2.05) is 6.07 Å². The van der Waals surface area contributed by atoms with Crippen LogP contribution in [0, 0.1) is 5.92 Å². The van der Waals surface area contributed by atoms with Gasteiger partial charge in [0.1, 0.15) is 5.82 Å². The molecule has 2 aliphatic carbocycles. The van der Waals surface area contributed by atoms with E-state index in [4.69, 9.17) is 5.73 Å².